The number of nitrogens with one attached hydrogen (secondary N) is 1. The molecule has 0 aliphatic rings. The monoisotopic (exact) mass is 301 g/mol. The van der Waals surface area contributed by atoms with E-state index in [2.05, 4.69) is 5.32 Å². The third kappa shape index (κ3) is 6.40. The lowest BCUT2D eigenvalue weighted by Gasteiger charge is -2.12. The Bertz CT molecular complexity index is 452. The maximum absolute atomic E-state index is 11.4. The topological polar surface area (TPSA) is 84.7 Å². The Kier molecular flexibility index (Phi) is 8.35. The summed E-state index contributed by atoms with van der Waals surface area (Å²) >= 11 is 0. The van der Waals surface area contributed by atoms with Gasteiger partial charge in [0, 0.05) is 38.8 Å². The Hall–Kier alpha value is -1.79. The first-order valence-corrected chi connectivity index (χ1v) is 5.96. The molecule has 2 amide bonds. The van der Waals surface area contributed by atoms with Gasteiger partial charge in [0.1, 0.15) is 5.75 Å². The van der Waals surface area contributed by atoms with Crippen LogP contribution in [-0.4, -0.2) is 44.0 Å². The predicted molar refractivity (Wildman–Crippen MR) is 80.2 cm³/mol. The smallest absolute Gasteiger partial charge is 0.259 e. The SMILES string of the molecule is CN(C)C(=O)COc1cccc(NC(=O)CCN)c1.Cl. The van der Waals surface area contributed by atoms with Gasteiger partial charge in [0.2, 0.25) is 5.91 Å². The van der Waals surface area contributed by atoms with E-state index in [1.807, 2.05) is 0 Å². The van der Waals surface area contributed by atoms with Crippen LogP contribution in [0.15, 0.2) is 24.3 Å². The first-order chi connectivity index (χ1) is 9.02. The van der Waals surface area contributed by atoms with Crippen LogP contribution in [0.25, 0.3) is 0 Å². The van der Waals surface area contributed by atoms with Gasteiger partial charge < -0.3 is 20.7 Å². The third-order valence-corrected chi connectivity index (χ3v) is 2.35. The van der Waals surface area contributed by atoms with Gasteiger partial charge in [-0.25, -0.2) is 0 Å². The molecule has 0 saturated heterocycles. The summed E-state index contributed by atoms with van der Waals surface area (Å²) in [5.74, 6) is 0.252. The quantitative estimate of drug-likeness (QED) is 0.816. The molecule has 0 bridgehead atoms. The van der Waals surface area contributed by atoms with Gasteiger partial charge in [-0.2, -0.15) is 0 Å². The van der Waals surface area contributed by atoms with Crippen LogP contribution in [-0.2, 0) is 9.59 Å². The Labute approximate surface area is 124 Å². The van der Waals surface area contributed by atoms with E-state index >= 15 is 0 Å². The van der Waals surface area contributed by atoms with Crippen LogP contribution >= 0.6 is 12.4 Å². The molecule has 6 nitrogen and oxygen atoms in total. The maximum Gasteiger partial charge on any atom is 0.259 e. The molecule has 0 aromatic heterocycles. The summed E-state index contributed by atoms with van der Waals surface area (Å²) in [4.78, 5) is 24.2. The number of carbonyl (C=O) groups is 2. The van der Waals surface area contributed by atoms with Gasteiger partial charge in [0.25, 0.3) is 5.91 Å². The van der Waals surface area contributed by atoms with Gasteiger partial charge in [-0.15, -0.1) is 12.4 Å². The fourth-order valence-corrected chi connectivity index (χ4v) is 1.29. The van der Waals surface area contributed by atoms with Gasteiger partial charge in [-0.3, -0.25) is 9.59 Å². The van der Waals surface area contributed by atoms with Gasteiger partial charge in [-0.1, -0.05) is 6.07 Å². The molecule has 1 aromatic carbocycles. The molecular formula is C13H20ClN3O3. The molecular weight excluding hydrogens is 282 g/mol. The molecule has 3 N–H and O–H groups in total. The summed E-state index contributed by atoms with van der Waals surface area (Å²) in [6, 6.07) is 6.88. The van der Waals surface area contributed by atoms with Crippen molar-refractivity contribution in [1.82, 2.24) is 4.90 Å². The van der Waals surface area contributed by atoms with Crippen molar-refractivity contribution in [2.45, 2.75) is 6.42 Å². The first-order valence-electron chi connectivity index (χ1n) is 5.96. The number of hydrogen-bond acceptors (Lipinski definition) is 4. The minimum absolute atomic E-state index is 0. The van der Waals surface area contributed by atoms with E-state index in [4.69, 9.17) is 10.5 Å². The van der Waals surface area contributed by atoms with Crippen LogP contribution in [0.1, 0.15) is 6.42 Å². The van der Waals surface area contributed by atoms with Gasteiger partial charge in [0.05, 0.1) is 0 Å². The van der Waals surface area contributed by atoms with Crippen molar-refractivity contribution in [1.29, 1.82) is 0 Å². The molecule has 7 heteroatoms. The van der Waals surface area contributed by atoms with Crippen LogP contribution < -0.4 is 15.8 Å². The normalized spacial score (nSPS) is 9.35. The van der Waals surface area contributed by atoms with Gasteiger partial charge in [-0.05, 0) is 12.1 Å². The van der Waals surface area contributed by atoms with E-state index in [0.717, 1.165) is 0 Å². The maximum atomic E-state index is 11.4. The number of nitrogens with two attached hydrogens (primary N) is 1. The van der Waals surface area contributed by atoms with E-state index in [0.29, 0.717) is 18.0 Å². The number of nitrogens with zero attached hydrogens (tertiary/aromatic N) is 1. The fraction of sp³-hybridized carbons (Fsp3) is 0.385. The Balaban J connectivity index is 0.00000361. The molecule has 112 valence electrons. The predicted octanol–water partition coefficient (Wildman–Crippen LogP) is 0.863. The van der Waals surface area contributed by atoms with Crippen molar-refractivity contribution < 1.29 is 14.3 Å². The van der Waals surface area contributed by atoms with Crippen molar-refractivity contribution in [3.8, 4) is 5.75 Å². The van der Waals surface area contributed by atoms with Crippen LogP contribution in [0.5, 0.6) is 5.75 Å². The lowest BCUT2D eigenvalue weighted by molar-refractivity contribution is -0.130. The summed E-state index contributed by atoms with van der Waals surface area (Å²) < 4.78 is 5.34. The zero-order valence-corrected chi connectivity index (χ0v) is 12.4. The minimum atomic E-state index is -0.149. The number of amides is 2. The molecule has 0 aliphatic heterocycles. The van der Waals surface area contributed by atoms with Crippen molar-refractivity contribution in [2.75, 3.05) is 32.6 Å². The van der Waals surface area contributed by atoms with E-state index in [9.17, 15) is 9.59 Å². The van der Waals surface area contributed by atoms with Crippen molar-refractivity contribution in [2.24, 2.45) is 5.73 Å². The molecule has 0 radical (unpaired) electrons. The second-order valence-corrected chi connectivity index (χ2v) is 4.19. The largest absolute Gasteiger partial charge is 0.484 e. The van der Waals surface area contributed by atoms with Crippen LogP contribution in [0.3, 0.4) is 0 Å². The van der Waals surface area contributed by atoms with Gasteiger partial charge >= 0.3 is 0 Å². The average molecular weight is 302 g/mol. The first kappa shape index (κ1) is 18.2. The summed E-state index contributed by atoms with van der Waals surface area (Å²) in [5, 5.41) is 2.70. The zero-order chi connectivity index (χ0) is 14.3. The van der Waals surface area contributed by atoms with Crippen LogP contribution in [0.2, 0.25) is 0 Å². The summed E-state index contributed by atoms with van der Waals surface area (Å²) in [7, 11) is 3.32. The number of halogens is 1. The Morgan fingerprint density at radius 1 is 1.35 bits per heavy atom. The standard InChI is InChI=1S/C13H19N3O3.ClH/c1-16(2)13(18)9-19-11-5-3-4-10(8-11)15-12(17)6-7-14;/h3-5,8H,6-7,9,14H2,1-2H3,(H,15,17);1H. The number of rotatable bonds is 6. The molecule has 20 heavy (non-hydrogen) atoms. The minimum Gasteiger partial charge on any atom is -0.484 e. The molecule has 0 saturated carbocycles. The Morgan fingerprint density at radius 2 is 2.05 bits per heavy atom. The number of benzene rings is 1. The lowest BCUT2D eigenvalue weighted by atomic mass is 10.3. The van der Waals surface area contributed by atoms with Crippen molar-refractivity contribution in [3.05, 3.63) is 24.3 Å². The van der Waals surface area contributed by atoms with Gasteiger partial charge in [0.15, 0.2) is 6.61 Å². The highest BCUT2D eigenvalue weighted by molar-refractivity contribution is 5.91. The molecule has 0 aliphatic carbocycles. The summed E-state index contributed by atoms with van der Waals surface area (Å²) in [5.41, 5.74) is 5.91. The highest BCUT2D eigenvalue weighted by atomic mass is 35.5. The number of ether oxygens (including phenoxy) is 1. The molecule has 1 aromatic rings. The number of likely N-dealkylation sites (N-methyl/N-ethyl adjacent to an activating group) is 1. The fourth-order valence-electron chi connectivity index (χ4n) is 1.29. The third-order valence-electron chi connectivity index (χ3n) is 2.35. The second-order valence-electron chi connectivity index (χ2n) is 4.19. The molecule has 1 rings (SSSR count). The zero-order valence-electron chi connectivity index (χ0n) is 11.6. The molecule has 0 atom stereocenters. The van der Waals surface area contributed by atoms with E-state index in [1.54, 1.807) is 38.4 Å². The number of hydrogen-bond donors (Lipinski definition) is 2. The van der Waals surface area contributed by atoms with Crippen LogP contribution in [0, 0.1) is 0 Å². The highest BCUT2D eigenvalue weighted by Gasteiger charge is 2.06. The van der Waals surface area contributed by atoms with Crippen molar-refractivity contribution in [3.63, 3.8) is 0 Å². The summed E-state index contributed by atoms with van der Waals surface area (Å²) in [6.45, 7) is 0.270. The number of anilines is 1. The van der Waals surface area contributed by atoms with E-state index < -0.39 is 0 Å². The van der Waals surface area contributed by atoms with Crippen LogP contribution in [0.4, 0.5) is 5.69 Å². The average Bonchev–Trinajstić information content (AvgIpc) is 2.36. The molecule has 0 heterocycles. The second kappa shape index (κ2) is 9.17. The Morgan fingerprint density at radius 3 is 2.65 bits per heavy atom. The molecule has 0 spiro atoms. The van der Waals surface area contributed by atoms with E-state index in [1.165, 1.54) is 4.90 Å². The highest BCUT2D eigenvalue weighted by Crippen LogP contribution is 2.17. The van der Waals surface area contributed by atoms with E-state index in [-0.39, 0.29) is 37.2 Å². The number of carbonyl (C=O) groups excluding carboxylic acids is 2. The summed E-state index contributed by atoms with van der Waals surface area (Å²) in [6.07, 6.45) is 0.268. The molecule has 0 unspecified atom stereocenters. The molecule has 0 fully saturated rings. The van der Waals surface area contributed by atoms with Crippen molar-refractivity contribution >= 4 is 29.9 Å². The lowest BCUT2D eigenvalue weighted by Crippen LogP contribution is -2.27.